The van der Waals surface area contributed by atoms with E-state index in [0.717, 1.165) is 31.0 Å². The van der Waals surface area contributed by atoms with Crippen LogP contribution in [-0.2, 0) is 13.1 Å². The van der Waals surface area contributed by atoms with Gasteiger partial charge in [0, 0.05) is 37.9 Å². The average Bonchev–Trinajstić information content (AvgIpc) is 3.10. The highest BCUT2D eigenvalue weighted by Crippen LogP contribution is 2.26. The molecule has 0 radical (unpaired) electrons. The maximum absolute atomic E-state index is 4.71. The zero-order chi connectivity index (χ0) is 15.8. The second-order valence-electron chi connectivity index (χ2n) is 6.59. The number of hydrogen-bond donors (Lipinski definition) is 1. The van der Waals surface area contributed by atoms with Gasteiger partial charge in [-0.1, -0.05) is 0 Å². The normalized spacial score (nSPS) is 17.6. The number of nitrogens with one attached hydrogen (secondary N) is 1. The van der Waals surface area contributed by atoms with Crippen molar-refractivity contribution in [3.63, 3.8) is 0 Å². The topological polar surface area (TPSA) is 47.1 Å². The smallest absolute Gasteiger partial charge is 0.137 e. The molecule has 0 aromatic carbocycles. The van der Waals surface area contributed by atoms with E-state index in [1.807, 2.05) is 6.20 Å². The first-order valence-corrected chi connectivity index (χ1v) is 8.38. The summed E-state index contributed by atoms with van der Waals surface area (Å²) in [6.07, 6.45) is 8.70. The first-order chi connectivity index (χ1) is 11.2. The number of pyridine rings is 1. The Morgan fingerprint density at radius 2 is 2.26 bits per heavy atom. The van der Waals surface area contributed by atoms with Crippen LogP contribution in [0.2, 0.25) is 0 Å². The molecular formula is C18H23N5. The fourth-order valence-corrected chi connectivity index (χ4v) is 3.54. The Morgan fingerprint density at radius 1 is 1.35 bits per heavy atom. The Balaban J connectivity index is 1.44. The number of hydrogen-bond acceptors (Lipinski definition) is 3. The van der Waals surface area contributed by atoms with E-state index in [0.29, 0.717) is 5.92 Å². The van der Waals surface area contributed by atoms with Crippen molar-refractivity contribution in [2.45, 2.75) is 45.7 Å². The van der Waals surface area contributed by atoms with Gasteiger partial charge in [-0.3, -0.25) is 0 Å². The average molecular weight is 309 g/mol. The maximum atomic E-state index is 4.71. The summed E-state index contributed by atoms with van der Waals surface area (Å²) < 4.78 is 4.48. The molecular weight excluding hydrogens is 286 g/mol. The molecule has 1 aliphatic heterocycles. The summed E-state index contributed by atoms with van der Waals surface area (Å²) in [5.41, 5.74) is 4.59. The number of aromatic nitrogens is 4. The van der Waals surface area contributed by atoms with Gasteiger partial charge in [-0.05, 0) is 44.4 Å². The summed E-state index contributed by atoms with van der Waals surface area (Å²) in [6, 6.07) is 4.24. The first-order valence-electron chi connectivity index (χ1n) is 8.38. The Morgan fingerprint density at radius 3 is 3.17 bits per heavy atom. The molecule has 5 nitrogen and oxygen atoms in total. The predicted octanol–water partition coefficient (Wildman–Crippen LogP) is 2.81. The predicted molar refractivity (Wildman–Crippen MR) is 90.6 cm³/mol. The molecule has 3 aromatic rings. The van der Waals surface area contributed by atoms with E-state index < -0.39 is 0 Å². The van der Waals surface area contributed by atoms with Gasteiger partial charge in [0.15, 0.2) is 0 Å². The number of nitrogens with zero attached hydrogens (tertiary/aromatic N) is 4. The van der Waals surface area contributed by atoms with Crippen LogP contribution in [0.5, 0.6) is 0 Å². The molecule has 5 heteroatoms. The molecule has 0 fully saturated rings. The van der Waals surface area contributed by atoms with Gasteiger partial charge < -0.3 is 14.3 Å². The zero-order valence-electron chi connectivity index (χ0n) is 13.8. The van der Waals surface area contributed by atoms with Gasteiger partial charge in [0.05, 0.1) is 17.6 Å². The Hall–Kier alpha value is -2.14. The minimum Gasteiger partial charge on any atom is -0.334 e. The Bertz CT molecular complexity index is 829. The molecule has 0 saturated carbocycles. The van der Waals surface area contributed by atoms with Gasteiger partial charge in [0.1, 0.15) is 11.5 Å². The van der Waals surface area contributed by atoms with Crippen molar-refractivity contribution in [3.05, 3.63) is 53.5 Å². The third kappa shape index (κ3) is 2.77. The quantitative estimate of drug-likeness (QED) is 0.806. The van der Waals surface area contributed by atoms with Crippen LogP contribution in [0, 0.1) is 13.8 Å². The summed E-state index contributed by atoms with van der Waals surface area (Å²) in [4.78, 5) is 9.20. The minimum atomic E-state index is 0.513. The van der Waals surface area contributed by atoms with Crippen molar-refractivity contribution in [2.75, 3.05) is 6.54 Å². The van der Waals surface area contributed by atoms with Crippen LogP contribution in [0.25, 0.3) is 5.65 Å². The first kappa shape index (κ1) is 14.5. The molecule has 23 heavy (non-hydrogen) atoms. The van der Waals surface area contributed by atoms with Crippen molar-refractivity contribution in [1.82, 2.24) is 24.3 Å². The van der Waals surface area contributed by atoms with Gasteiger partial charge >= 0.3 is 0 Å². The number of imidazole rings is 2. The van der Waals surface area contributed by atoms with Crippen molar-refractivity contribution >= 4 is 5.65 Å². The lowest BCUT2D eigenvalue weighted by molar-refractivity contribution is 0.422. The fraction of sp³-hybridized carbons (Fsp3) is 0.444. The van der Waals surface area contributed by atoms with E-state index >= 15 is 0 Å². The van der Waals surface area contributed by atoms with E-state index in [-0.39, 0.29) is 0 Å². The molecule has 1 atom stereocenters. The molecule has 1 N–H and O–H groups in total. The van der Waals surface area contributed by atoms with Gasteiger partial charge in [-0.2, -0.15) is 0 Å². The van der Waals surface area contributed by atoms with Gasteiger partial charge in [0.2, 0.25) is 0 Å². The van der Waals surface area contributed by atoms with E-state index in [9.17, 15) is 0 Å². The lowest BCUT2D eigenvalue weighted by Gasteiger charge is -2.23. The molecule has 0 amide bonds. The van der Waals surface area contributed by atoms with E-state index in [1.165, 1.54) is 29.9 Å². The van der Waals surface area contributed by atoms with E-state index in [1.54, 1.807) is 0 Å². The number of aryl methyl sites for hydroxylation is 3. The van der Waals surface area contributed by atoms with Gasteiger partial charge in [0.25, 0.3) is 0 Å². The molecule has 1 aliphatic rings. The standard InChI is InChI=1S/C18H23N5/c1-13-5-7-23-16(11-20-17(23)8-13)10-19-9-15-4-3-6-22-12-14(2)21-18(15)22/h5,7-8,11-12,15,19H,3-4,6,9-10H2,1-2H3. The zero-order valence-corrected chi connectivity index (χ0v) is 13.8. The van der Waals surface area contributed by atoms with Crippen molar-refractivity contribution in [3.8, 4) is 0 Å². The second-order valence-corrected chi connectivity index (χ2v) is 6.59. The van der Waals surface area contributed by atoms with Crippen LogP contribution in [0.3, 0.4) is 0 Å². The van der Waals surface area contributed by atoms with E-state index in [4.69, 9.17) is 4.98 Å². The van der Waals surface area contributed by atoms with Crippen molar-refractivity contribution < 1.29 is 0 Å². The monoisotopic (exact) mass is 309 g/mol. The SMILES string of the molecule is Cc1ccn2c(CNCC3CCCn4cc(C)nc43)cnc2c1. The summed E-state index contributed by atoms with van der Waals surface area (Å²) in [6.45, 7) is 7.09. The van der Waals surface area contributed by atoms with Crippen LogP contribution in [0.1, 0.15) is 41.5 Å². The largest absolute Gasteiger partial charge is 0.334 e. The van der Waals surface area contributed by atoms with Crippen molar-refractivity contribution in [2.24, 2.45) is 0 Å². The van der Waals surface area contributed by atoms with Crippen LogP contribution in [-0.4, -0.2) is 25.5 Å². The highest BCUT2D eigenvalue weighted by molar-refractivity contribution is 5.42. The Labute approximate surface area is 136 Å². The fourth-order valence-electron chi connectivity index (χ4n) is 3.54. The highest BCUT2D eigenvalue weighted by Gasteiger charge is 2.22. The molecule has 3 aromatic heterocycles. The summed E-state index contributed by atoms with van der Waals surface area (Å²) >= 11 is 0. The third-order valence-electron chi connectivity index (χ3n) is 4.69. The number of fused-ring (bicyclic) bond motifs is 2. The van der Waals surface area contributed by atoms with Crippen LogP contribution in [0.15, 0.2) is 30.7 Å². The van der Waals surface area contributed by atoms with Gasteiger partial charge in [-0.25, -0.2) is 9.97 Å². The molecule has 0 bridgehead atoms. The summed E-state index contributed by atoms with van der Waals surface area (Å²) in [5.74, 6) is 1.76. The lowest BCUT2D eigenvalue weighted by Crippen LogP contribution is -2.26. The molecule has 0 saturated heterocycles. The molecule has 1 unspecified atom stereocenters. The van der Waals surface area contributed by atoms with Crippen molar-refractivity contribution in [1.29, 1.82) is 0 Å². The lowest BCUT2D eigenvalue weighted by atomic mass is 9.99. The van der Waals surface area contributed by atoms with Crippen LogP contribution < -0.4 is 5.32 Å². The van der Waals surface area contributed by atoms with E-state index in [2.05, 4.69) is 57.6 Å². The molecule has 0 aliphatic carbocycles. The molecule has 4 rings (SSSR count). The number of rotatable bonds is 4. The maximum Gasteiger partial charge on any atom is 0.137 e. The highest BCUT2D eigenvalue weighted by atomic mass is 15.1. The molecule has 4 heterocycles. The third-order valence-corrected chi connectivity index (χ3v) is 4.69. The molecule has 120 valence electrons. The minimum absolute atomic E-state index is 0.513. The summed E-state index contributed by atoms with van der Waals surface area (Å²) in [5, 5.41) is 3.60. The van der Waals surface area contributed by atoms with Gasteiger partial charge in [-0.15, -0.1) is 0 Å². The second kappa shape index (κ2) is 5.81. The Kier molecular flexibility index (Phi) is 3.65. The van der Waals surface area contributed by atoms with Crippen LogP contribution >= 0.6 is 0 Å². The molecule has 0 spiro atoms. The summed E-state index contributed by atoms with van der Waals surface area (Å²) in [7, 11) is 0. The van der Waals surface area contributed by atoms with Crippen LogP contribution in [0.4, 0.5) is 0 Å².